The molecule has 3 heteroatoms. The summed E-state index contributed by atoms with van der Waals surface area (Å²) in [5.41, 5.74) is 0.473. The minimum absolute atomic E-state index is 0.473. The zero-order chi connectivity index (χ0) is 11.4. The van der Waals surface area contributed by atoms with E-state index in [0.29, 0.717) is 11.5 Å². The third-order valence-corrected chi connectivity index (χ3v) is 4.16. The van der Waals surface area contributed by atoms with E-state index < -0.39 is 0 Å². The van der Waals surface area contributed by atoms with Gasteiger partial charge >= 0.3 is 0 Å². The third kappa shape index (κ3) is 2.96. The molecule has 0 aromatic heterocycles. The van der Waals surface area contributed by atoms with Crippen molar-refractivity contribution in [2.24, 2.45) is 11.3 Å². The molecule has 2 aliphatic rings. The molecule has 0 aromatic carbocycles. The summed E-state index contributed by atoms with van der Waals surface area (Å²) in [5, 5.41) is 7.10. The molecular formula is C13H26N2O. The maximum Gasteiger partial charge on any atom is 0.0613 e. The Hall–Kier alpha value is -0.120. The number of rotatable bonds is 5. The average molecular weight is 226 g/mol. The van der Waals surface area contributed by atoms with Gasteiger partial charge in [0.05, 0.1) is 6.10 Å². The molecule has 0 spiro atoms. The van der Waals surface area contributed by atoms with Gasteiger partial charge in [0.15, 0.2) is 0 Å². The quantitative estimate of drug-likeness (QED) is 0.743. The van der Waals surface area contributed by atoms with E-state index in [0.717, 1.165) is 32.0 Å². The van der Waals surface area contributed by atoms with E-state index >= 15 is 0 Å². The Kier molecular flexibility index (Phi) is 4.22. The second-order valence-electron chi connectivity index (χ2n) is 5.73. The summed E-state index contributed by atoms with van der Waals surface area (Å²) in [5.74, 6) is 0.739. The summed E-state index contributed by atoms with van der Waals surface area (Å²) in [6.07, 6.45) is 4.20. The van der Waals surface area contributed by atoms with Crippen LogP contribution in [0.1, 0.15) is 33.1 Å². The van der Waals surface area contributed by atoms with Crippen molar-refractivity contribution in [3.63, 3.8) is 0 Å². The highest BCUT2D eigenvalue weighted by Crippen LogP contribution is 2.25. The fraction of sp³-hybridized carbons (Fsp3) is 1.00. The lowest BCUT2D eigenvalue weighted by atomic mass is 9.89. The molecule has 16 heavy (non-hydrogen) atoms. The largest absolute Gasteiger partial charge is 0.378 e. The van der Waals surface area contributed by atoms with Gasteiger partial charge in [-0.3, -0.25) is 0 Å². The van der Waals surface area contributed by atoms with Crippen LogP contribution in [0.15, 0.2) is 0 Å². The van der Waals surface area contributed by atoms with Crippen LogP contribution in [0.4, 0.5) is 0 Å². The van der Waals surface area contributed by atoms with Crippen molar-refractivity contribution >= 4 is 0 Å². The van der Waals surface area contributed by atoms with Crippen LogP contribution in [-0.2, 0) is 4.74 Å². The lowest BCUT2D eigenvalue weighted by molar-refractivity contribution is 0.0866. The zero-order valence-electron chi connectivity index (χ0n) is 10.7. The fourth-order valence-corrected chi connectivity index (χ4v) is 2.96. The van der Waals surface area contributed by atoms with E-state index in [1.54, 1.807) is 0 Å². The van der Waals surface area contributed by atoms with Crippen molar-refractivity contribution in [3.05, 3.63) is 0 Å². The van der Waals surface area contributed by atoms with E-state index in [2.05, 4.69) is 24.5 Å². The number of ether oxygens (including phenoxy) is 1. The molecule has 2 heterocycles. The highest BCUT2D eigenvalue weighted by molar-refractivity contribution is 4.86. The van der Waals surface area contributed by atoms with Gasteiger partial charge in [0.25, 0.3) is 0 Å². The van der Waals surface area contributed by atoms with Crippen LogP contribution in [0, 0.1) is 11.3 Å². The molecule has 0 bridgehead atoms. The second-order valence-corrected chi connectivity index (χ2v) is 5.73. The van der Waals surface area contributed by atoms with Crippen molar-refractivity contribution < 1.29 is 4.74 Å². The molecule has 0 saturated carbocycles. The molecule has 0 amide bonds. The SMILES string of the molecule is CCC1OCCC1CNCC1(C)CCNC1. The van der Waals surface area contributed by atoms with Crippen LogP contribution >= 0.6 is 0 Å². The lowest BCUT2D eigenvalue weighted by Crippen LogP contribution is -2.37. The predicted octanol–water partition coefficient (Wildman–Crippen LogP) is 1.39. The molecule has 3 atom stereocenters. The van der Waals surface area contributed by atoms with Crippen molar-refractivity contribution in [1.82, 2.24) is 10.6 Å². The van der Waals surface area contributed by atoms with E-state index in [1.165, 1.54) is 25.9 Å². The summed E-state index contributed by atoms with van der Waals surface area (Å²) in [6, 6.07) is 0. The Bertz CT molecular complexity index is 214. The highest BCUT2D eigenvalue weighted by Gasteiger charge is 2.30. The van der Waals surface area contributed by atoms with Crippen LogP contribution in [-0.4, -0.2) is 38.9 Å². The molecule has 2 saturated heterocycles. The predicted molar refractivity (Wildman–Crippen MR) is 66.6 cm³/mol. The molecule has 0 aromatic rings. The molecule has 0 aliphatic carbocycles. The van der Waals surface area contributed by atoms with Crippen molar-refractivity contribution in [3.8, 4) is 0 Å². The van der Waals surface area contributed by atoms with Gasteiger partial charge in [0.2, 0.25) is 0 Å². The highest BCUT2D eigenvalue weighted by atomic mass is 16.5. The van der Waals surface area contributed by atoms with Gasteiger partial charge in [-0.2, -0.15) is 0 Å². The van der Waals surface area contributed by atoms with Crippen LogP contribution < -0.4 is 10.6 Å². The Morgan fingerprint density at radius 3 is 3.06 bits per heavy atom. The van der Waals surface area contributed by atoms with Gasteiger partial charge in [-0.1, -0.05) is 13.8 Å². The van der Waals surface area contributed by atoms with E-state index in [1.807, 2.05) is 0 Å². The monoisotopic (exact) mass is 226 g/mol. The van der Waals surface area contributed by atoms with Crippen LogP contribution in [0.2, 0.25) is 0 Å². The standard InChI is InChI=1S/C13H26N2O/c1-3-12-11(4-7-16-12)8-15-10-13(2)5-6-14-9-13/h11-12,14-15H,3-10H2,1-2H3. The maximum atomic E-state index is 5.71. The molecule has 2 rings (SSSR count). The fourth-order valence-electron chi connectivity index (χ4n) is 2.96. The van der Waals surface area contributed by atoms with E-state index in [4.69, 9.17) is 4.74 Å². The van der Waals surface area contributed by atoms with Crippen molar-refractivity contribution in [1.29, 1.82) is 0 Å². The minimum atomic E-state index is 0.473. The molecular weight excluding hydrogens is 200 g/mol. The first-order valence-electron chi connectivity index (χ1n) is 6.76. The van der Waals surface area contributed by atoms with Crippen LogP contribution in [0.3, 0.4) is 0 Å². The summed E-state index contributed by atoms with van der Waals surface area (Å²) < 4.78 is 5.71. The average Bonchev–Trinajstić information content (AvgIpc) is 2.88. The van der Waals surface area contributed by atoms with Crippen molar-refractivity contribution in [2.45, 2.75) is 39.2 Å². The summed E-state index contributed by atoms with van der Waals surface area (Å²) in [7, 11) is 0. The Morgan fingerprint density at radius 1 is 1.50 bits per heavy atom. The first-order valence-corrected chi connectivity index (χ1v) is 6.76. The van der Waals surface area contributed by atoms with Crippen LogP contribution in [0.25, 0.3) is 0 Å². The van der Waals surface area contributed by atoms with Gasteiger partial charge in [-0.25, -0.2) is 0 Å². The second kappa shape index (κ2) is 5.48. The first kappa shape index (κ1) is 12.3. The van der Waals surface area contributed by atoms with Gasteiger partial charge < -0.3 is 15.4 Å². The minimum Gasteiger partial charge on any atom is -0.378 e. The number of hydrogen-bond donors (Lipinski definition) is 2. The third-order valence-electron chi connectivity index (χ3n) is 4.16. The van der Waals surface area contributed by atoms with Gasteiger partial charge in [-0.15, -0.1) is 0 Å². The Labute approximate surface area is 99.3 Å². The zero-order valence-corrected chi connectivity index (χ0v) is 10.7. The van der Waals surface area contributed by atoms with Gasteiger partial charge in [0, 0.05) is 26.2 Å². The first-order chi connectivity index (χ1) is 7.73. The molecule has 2 fully saturated rings. The molecule has 0 radical (unpaired) electrons. The van der Waals surface area contributed by atoms with Gasteiger partial charge in [0.1, 0.15) is 0 Å². The van der Waals surface area contributed by atoms with Crippen LogP contribution in [0.5, 0.6) is 0 Å². The molecule has 3 nitrogen and oxygen atoms in total. The molecule has 2 N–H and O–H groups in total. The van der Waals surface area contributed by atoms with Gasteiger partial charge in [-0.05, 0) is 37.1 Å². The Morgan fingerprint density at radius 2 is 2.38 bits per heavy atom. The maximum absolute atomic E-state index is 5.71. The topological polar surface area (TPSA) is 33.3 Å². The van der Waals surface area contributed by atoms with E-state index in [-0.39, 0.29) is 0 Å². The number of hydrogen-bond acceptors (Lipinski definition) is 3. The number of nitrogens with one attached hydrogen (secondary N) is 2. The van der Waals surface area contributed by atoms with E-state index in [9.17, 15) is 0 Å². The summed E-state index contributed by atoms with van der Waals surface area (Å²) >= 11 is 0. The van der Waals surface area contributed by atoms with Crippen molar-refractivity contribution in [2.75, 3.05) is 32.8 Å². The normalized spacial score (nSPS) is 39.4. The summed E-state index contributed by atoms with van der Waals surface area (Å²) in [6.45, 7) is 10.2. The Balaban J connectivity index is 1.67. The smallest absolute Gasteiger partial charge is 0.0613 e. The molecule has 3 unspecified atom stereocenters. The lowest BCUT2D eigenvalue weighted by Gasteiger charge is -2.25. The molecule has 94 valence electrons. The molecule has 2 aliphatic heterocycles. The summed E-state index contributed by atoms with van der Waals surface area (Å²) in [4.78, 5) is 0.